The number of carboxylic acids is 2. The second-order valence-corrected chi connectivity index (χ2v) is 16.4. The Morgan fingerprint density at radius 1 is 0.475 bits per heavy atom. The number of aliphatic hydroxyl groups excluding tert-OH is 2. The van der Waals surface area contributed by atoms with E-state index in [2.05, 4.69) is 38.1 Å². The molecular formula is C50H82BaO8. The molecule has 4 atom stereocenters. The van der Waals surface area contributed by atoms with E-state index < -0.39 is 11.9 Å². The topological polar surface area (TPSA) is 139 Å². The summed E-state index contributed by atoms with van der Waals surface area (Å²) in [5.74, 6) is -1.88. The van der Waals surface area contributed by atoms with Crippen molar-refractivity contribution in [2.45, 2.75) is 231 Å². The molecule has 0 aliphatic carbocycles. The first kappa shape index (κ1) is 57.8. The van der Waals surface area contributed by atoms with Gasteiger partial charge < -0.3 is 39.5 Å². The van der Waals surface area contributed by atoms with Gasteiger partial charge in [-0.05, 0) is 75.3 Å². The number of aliphatic hydroxyl groups is 2. The van der Waals surface area contributed by atoms with E-state index in [9.17, 15) is 30.0 Å². The van der Waals surface area contributed by atoms with Gasteiger partial charge in [-0.2, -0.15) is 0 Å². The standard InChI is InChI=1S/2C25H42O4.Ba/c2*1-2-3-18-24(29-21-22-15-11-10-12-16-22)20-23(26)17-13-8-6-4-5-7-9-14-19-25(27)28;/h2*10-12,15-16,23-24,26H,2-9,13-14,17-21H2,1H3,(H,27,28);/q;;+2/p-2. The van der Waals surface area contributed by atoms with Gasteiger partial charge >= 0.3 is 48.9 Å². The number of benzene rings is 2. The van der Waals surface area contributed by atoms with Crippen LogP contribution < -0.4 is 10.2 Å². The zero-order valence-electron chi connectivity index (χ0n) is 37.3. The minimum atomic E-state index is -0.939. The van der Waals surface area contributed by atoms with E-state index >= 15 is 0 Å². The van der Waals surface area contributed by atoms with Crippen LogP contribution in [0.3, 0.4) is 0 Å². The van der Waals surface area contributed by atoms with Gasteiger partial charge in [0.15, 0.2) is 0 Å². The molecule has 8 nitrogen and oxygen atoms in total. The summed E-state index contributed by atoms with van der Waals surface area (Å²) in [6, 6.07) is 20.5. The van der Waals surface area contributed by atoms with E-state index in [4.69, 9.17) is 9.47 Å². The van der Waals surface area contributed by atoms with Crippen molar-refractivity contribution in [1.82, 2.24) is 0 Å². The molecule has 0 amide bonds. The molecule has 2 aromatic rings. The summed E-state index contributed by atoms with van der Waals surface area (Å²) in [6.07, 6.45) is 27.0. The Morgan fingerprint density at radius 3 is 1.08 bits per heavy atom. The molecule has 0 aliphatic heterocycles. The first-order chi connectivity index (χ1) is 28.2. The van der Waals surface area contributed by atoms with Gasteiger partial charge in [0.05, 0.1) is 37.6 Å². The van der Waals surface area contributed by atoms with Gasteiger partial charge in [0.1, 0.15) is 0 Å². The number of rotatable bonds is 38. The Morgan fingerprint density at radius 2 is 0.780 bits per heavy atom. The van der Waals surface area contributed by atoms with Gasteiger partial charge in [-0.1, -0.05) is 190 Å². The van der Waals surface area contributed by atoms with Crippen molar-refractivity contribution in [3.8, 4) is 0 Å². The molecule has 0 saturated carbocycles. The molecule has 2 aromatic carbocycles. The molecule has 4 unspecified atom stereocenters. The number of unbranched alkanes of at least 4 members (excludes halogenated alkanes) is 16. The minimum absolute atomic E-state index is 0. The molecule has 59 heavy (non-hydrogen) atoms. The minimum Gasteiger partial charge on any atom is -0.550 e. The molecule has 2 rings (SSSR count). The van der Waals surface area contributed by atoms with Crippen molar-refractivity contribution < 1.29 is 39.5 Å². The number of aliphatic carboxylic acids is 2. The molecule has 0 spiro atoms. The van der Waals surface area contributed by atoms with Gasteiger partial charge in [0.25, 0.3) is 0 Å². The van der Waals surface area contributed by atoms with Crippen molar-refractivity contribution in [3.63, 3.8) is 0 Å². The summed E-state index contributed by atoms with van der Waals surface area (Å²) < 4.78 is 12.2. The third-order valence-corrected chi connectivity index (χ3v) is 10.8. The third kappa shape index (κ3) is 38.2. The Balaban J connectivity index is 0.00000112. The van der Waals surface area contributed by atoms with Crippen LogP contribution in [0.5, 0.6) is 0 Å². The Labute approximate surface area is 400 Å². The summed E-state index contributed by atoms with van der Waals surface area (Å²) in [5.41, 5.74) is 2.37. The summed E-state index contributed by atoms with van der Waals surface area (Å²) in [6.45, 7) is 5.61. The molecule has 0 aromatic heterocycles. The number of ether oxygens (including phenoxy) is 2. The van der Waals surface area contributed by atoms with Crippen LogP contribution in [0.4, 0.5) is 0 Å². The molecule has 0 heterocycles. The van der Waals surface area contributed by atoms with Gasteiger partial charge in [-0.3, -0.25) is 0 Å². The second kappa shape index (κ2) is 42.1. The smallest absolute Gasteiger partial charge is 0.550 e. The Bertz CT molecular complexity index is 1110. The van der Waals surface area contributed by atoms with E-state index in [1.165, 1.54) is 49.7 Å². The largest absolute Gasteiger partial charge is 2.00 e. The molecule has 0 bridgehead atoms. The van der Waals surface area contributed by atoms with E-state index in [0.29, 0.717) is 13.2 Å². The predicted molar refractivity (Wildman–Crippen MR) is 238 cm³/mol. The van der Waals surface area contributed by atoms with Gasteiger partial charge in [-0.15, -0.1) is 0 Å². The van der Waals surface area contributed by atoms with Crippen LogP contribution in [0.15, 0.2) is 60.7 Å². The summed E-state index contributed by atoms with van der Waals surface area (Å²) >= 11 is 0. The number of carboxylic acid groups (broad SMARTS) is 2. The second-order valence-electron chi connectivity index (χ2n) is 16.4. The maximum Gasteiger partial charge on any atom is 2.00 e. The van der Waals surface area contributed by atoms with Crippen LogP contribution in [0.2, 0.25) is 0 Å². The normalized spacial score (nSPS) is 13.1. The van der Waals surface area contributed by atoms with Crippen molar-refractivity contribution >= 4 is 60.8 Å². The summed E-state index contributed by atoms with van der Waals surface area (Å²) in [5, 5.41) is 41.5. The zero-order chi connectivity index (χ0) is 42.3. The Kier molecular flexibility index (Phi) is 41.2. The fourth-order valence-electron chi connectivity index (χ4n) is 7.24. The predicted octanol–water partition coefficient (Wildman–Crippen LogP) is 9.95. The van der Waals surface area contributed by atoms with Crippen LogP contribution in [-0.4, -0.2) is 95.4 Å². The van der Waals surface area contributed by atoms with Crippen LogP contribution in [0.25, 0.3) is 0 Å². The zero-order valence-corrected chi connectivity index (χ0v) is 41.8. The quantitative estimate of drug-likeness (QED) is 0.0501. The van der Waals surface area contributed by atoms with Crippen LogP contribution in [0, 0.1) is 0 Å². The number of hydrogen-bond acceptors (Lipinski definition) is 8. The molecule has 0 radical (unpaired) electrons. The molecular weight excluding hydrogens is 866 g/mol. The fourth-order valence-corrected chi connectivity index (χ4v) is 7.24. The maximum absolute atomic E-state index is 10.4. The number of hydrogen-bond donors (Lipinski definition) is 2. The van der Waals surface area contributed by atoms with Gasteiger partial charge in [0.2, 0.25) is 0 Å². The van der Waals surface area contributed by atoms with Crippen LogP contribution in [0.1, 0.15) is 205 Å². The van der Waals surface area contributed by atoms with Crippen LogP contribution in [-0.2, 0) is 32.3 Å². The molecule has 0 fully saturated rings. The number of carbonyl (C=O) groups is 2. The first-order valence-electron chi connectivity index (χ1n) is 23.3. The average molecular weight is 949 g/mol. The molecule has 332 valence electrons. The maximum atomic E-state index is 10.4. The van der Waals surface area contributed by atoms with Crippen LogP contribution >= 0.6 is 0 Å². The van der Waals surface area contributed by atoms with Gasteiger partial charge in [-0.25, -0.2) is 0 Å². The molecule has 9 heteroatoms. The Hall–Kier alpha value is -1.21. The van der Waals surface area contributed by atoms with E-state index in [1.54, 1.807) is 0 Å². The van der Waals surface area contributed by atoms with Crippen molar-refractivity contribution in [2.75, 3.05) is 0 Å². The molecule has 2 N–H and O–H groups in total. The average Bonchev–Trinajstić information content (AvgIpc) is 3.22. The number of carbonyl (C=O) groups excluding carboxylic acids is 2. The van der Waals surface area contributed by atoms with E-state index in [-0.39, 0.29) is 86.1 Å². The van der Waals surface area contributed by atoms with E-state index in [0.717, 1.165) is 128 Å². The summed E-state index contributed by atoms with van der Waals surface area (Å²) in [7, 11) is 0. The first-order valence-corrected chi connectivity index (χ1v) is 23.3. The SMILES string of the molecule is CCCCC(CC(O)CCCCCCCCCCC(=O)[O-])OCc1ccccc1.CCCCC(CC(O)CCCCCCCCCCC(=O)[O-])OCc1ccccc1.[Ba+2]. The summed E-state index contributed by atoms with van der Waals surface area (Å²) in [4.78, 5) is 20.7. The molecule has 0 aliphatic rings. The van der Waals surface area contributed by atoms with E-state index in [1.807, 2.05) is 36.4 Å². The fraction of sp³-hybridized carbons (Fsp3) is 0.720. The van der Waals surface area contributed by atoms with Crippen molar-refractivity contribution in [3.05, 3.63) is 71.8 Å². The monoisotopic (exact) mass is 949 g/mol. The molecule has 0 saturated heterocycles. The van der Waals surface area contributed by atoms with Gasteiger partial charge in [0, 0.05) is 11.9 Å². The van der Waals surface area contributed by atoms with Crippen molar-refractivity contribution in [2.24, 2.45) is 0 Å². The third-order valence-electron chi connectivity index (χ3n) is 10.8. The van der Waals surface area contributed by atoms with Crippen molar-refractivity contribution in [1.29, 1.82) is 0 Å².